The maximum Gasteiger partial charge on any atom is 0.123 e. The summed E-state index contributed by atoms with van der Waals surface area (Å²) >= 11 is 3.39. The smallest absolute Gasteiger partial charge is 0.123 e. The van der Waals surface area contributed by atoms with E-state index in [9.17, 15) is 4.39 Å². The molecular formula is C14H12FNS2. The fourth-order valence-corrected chi connectivity index (χ4v) is 4.20. The quantitative estimate of drug-likeness (QED) is 0.735. The second-order valence-electron chi connectivity index (χ2n) is 4.34. The minimum absolute atomic E-state index is 0.223. The van der Waals surface area contributed by atoms with E-state index in [1.165, 1.54) is 21.5 Å². The normalized spacial score (nSPS) is 13.1. The van der Waals surface area contributed by atoms with E-state index in [-0.39, 0.29) is 11.9 Å². The van der Waals surface area contributed by atoms with Crippen LogP contribution in [0.2, 0.25) is 0 Å². The largest absolute Gasteiger partial charge is 0.320 e. The summed E-state index contributed by atoms with van der Waals surface area (Å²) < 4.78 is 15.9. The topological polar surface area (TPSA) is 26.0 Å². The maximum atomic E-state index is 13.4. The highest BCUT2D eigenvalue weighted by molar-refractivity contribution is 7.27. The molecule has 0 bridgehead atoms. The average molecular weight is 277 g/mol. The third-order valence-electron chi connectivity index (χ3n) is 2.89. The van der Waals surface area contributed by atoms with Gasteiger partial charge in [-0.1, -0.05) is 6.07 Å². The zero-order chi connectivity index (χ0) is 12.7. The Hall–Kier alpha value is -1.23. The second kappa shape index (κ2) is 4.46. The molecule has 0 spiro atoms. The molecule has 0 radical (unpaired) electrons. The van der Waals surface area contributed by atoms with Crippen molar-refractivity contribution in [2.45, 2.75) is 13.0 Å². The summed E-state index contributed by atoms with van der Waals surface area (Å²) in [6.07, 6.45) is 0. The Morgan fingerprint density at radius 1 is 1.17 bits per heavy atom. The molecule has 0 aliphatic carbocycles. The zero-order valence-corrected chi connectivity index (χ0v) is 11.4. The number of fused-ring (bicyclic) bond motifs is 1. The van der Waals surface area contributed by atoms with Crippen LogP contribution in [0, 0.1) is 12.7 Å². The van der Waals surface area contributed by atoms with Crippen LogP contribution in [0.1, 0.15) is 22.0 Å². The minimum atomic E-state index is -0.246. The molecule has 0 saturated carbocycles. The van der Waals surface area contributed by atoms with Gasteiger partial charge in [0.25, 0.3) is 0 Å². The summed E-state index contributed by atoms with van der Waals surface area (Å²) in [4.78, 5) is 1.09. The summed E-state index contributed by atoms with van der Waals surface area (Å²) in [7, 11) is 0. The number of thiophene rings is 2. The minimum Gasteiger partial charge on any atom is -0.320 e. The van der Waals surface area contributed by atoms with Gasteiger partial charge in [-0.2, -0.15) is 0 Å². The van der Waals surface area contributed by atoms with Crippen LogP contribution in [0.4, 0.5) is 4.39 Å². The van der Waals surface area contributed by atoms with Crippen molar-refractivity contribution in [2.75, 3.05) is 0 Å². The predicted octanol–water partition coefficient (Wildman–Crippen LogP) is 4.46. The molecule has 4 heteroatoms. The number of nitrogens with two attached hydrogens (primary N) is 1. The maximum absolute atomic E-state index is 13.4. The monoisotopic (exact) mass is 277 g/mol. The number of hydrogen-bond donors (Lipinski definition) is 1. The first-order valence-corrected chi connectivity index (χ1v) is 7.33. The van der Waals surface area contributed by atoms with Gasteiger partial charge in [-0.05, 0) is 47.7 Å². The van der Waals surface area contributed by atoms with Crippen molar-refractivity contribution in [1.82, 2.24) is 0 Å². The third kappa shape index (κ3) is 2.07. The van der Waals surface area contributed by atoms with Gasteiger partial charge in [0.15, 0.2) is 0 Å². The van der Waals surface area contributed by atoms with Crippen LogP contribution in [0.15, 0.2) is 35.7 Å². The molecule has 1 unspecified atom stereocenters. The second-order valence-corrected chi connectivity index (χ2v) is 6.40. The first kappa shape index (κ1) is 11.8. The van der Waals surface area contributed by atoms with Crippen LogP contribution in [0.5, 0.6) is 0 Å². The Morgan fingerprint density at radius 3 is 2.72 bits per heavy atom. The highest BCUT2D eigenvalue weighted by atomic mass is 32.1. The Labute approximate surface area is 113 Å². The Kier molecular flexibility index (Phi) is 2.93. The molecular weight excluding hydrogens is 265 g/mol. The van der Waals surface area contributed by atoms with Crippen LogP contribution < -0.4 is 5.73 Å². The van der Waals surface area contributed by atoms with Crippen molar-refractivity contribution in [2.24, 2.45) is 5.73 Å². The van der Waals surface area contributed by atoms with Gasteiger partial charge in [0.1, 0.15) is 5.82 Å². The van der Waals surface area contributed by atoms with Crippen LogP contribution in [-0.4, -0.2) is 0 Å². The Morgan fingerprint density at radius 2 is 2.00 bits per heavy atom. The summed E-state index contributed by atoms with van der Waals surface area (Å²) in [5, 5.41) is 2.07. The zero-order valence-electron chi connectivity index (χ0n) is 9.81. The number of hydrogen-bond acceptors (Lipinski definition) is 3. The Bertz CT molecular complexity index is 650. The average Bonchev–Trinajstić information content (AvgIpc) is 2.86. The van der Waals surface area contributed by atoms with Gasteiger partial charge in [0, 0.05) is 14.3 Å². The molecule has 1 aromatic carbocycles. The molecule has 0 amide bonds. The number of aryl methyl sites for hydroxylation is 1. The van der Waals surface area contributed by atoms with Gasteiger partial charge < -0.3 is 5.73 Å². The molecule has 3 aromatic rings. The van der Waals surface area contributed by atoms with Gasteiger partial charge in [0.2, 0.25) is 0 Å². The molecule has 2 N–H and O–H groups in total. The van der Waals surface area contributed by atoms with Crippen LogP contribution >= 0.6 is 22.7 Å². The molecule has 18 heavy (non-hydrogen) atoms. The number of benzene rings is 1. The van der Waals surface area contributed by atoms with E-state index in [0.717, 1.165) is 16.0 Å². The molecule has 2 aromatic heterocycles. The lowest BCUT2D eigenvalue weighted by molar-refractivity contribution is 0.622. The molecule has 0 fully saturated rings. The molecule has 2 heterocycles. The van der Waals surface area contributed by atoms with E-state index in [1.54, 1.807) is 22.7 Å². The first-order chi connectivity index (χ1) is 8.63. The predicted molar refractivity (Wildman–Crippen MR) is 76.9 cm³/mol. The van der Waals surface area contributed by atoms with Crippen LogP contribution in [-0.2, 0) is 0 Å². The molecule has 0 aliphatic heterocycles. The van der Waals surface area contributed by atoms with Crippen molar-refractivity contribution in [3.05, 3.63) is 57.5 Å². The van der Waals surface area contributed by atoms with Crippen molar-refractivity contribution in [3.63, 3.8) is 0 Å². The molecule has 3 rings (SSSR count). The standard InChI is InChI=1S/C14H12FNS2/c1-8-4-9(6-10(15)5-8)14(16)13-7-12-11(18-13)2-3-17-12/h2-7,14H,16H2,1H3. The summed E-state index contributed by atoms with van der Waals surface area (Å²) in [6.45, 7) is 1.88. The van der Waals surface area contributed by atoms with Crippen molar-refractivity contribution in [1.29, 1.82) is 0 Å². The lowest BCUT2D eigenvalue weighted by Crippen LogP contribution is -2.10. The van der Waals surface area contributed by atoms with Crippen molar-refractivity contribution < 1.29 is 4.39 Å². The van der Waals surface area contributed by atoms with Gasteiger partial charge in [-0.15, -0.1) is 22.7 Å². The van der Waals surface area contributed by atoms with E-state index < -0.39 is 0 Å². The van der Waals surface area contributed by atoms with Crippen molar-refractivity contribution >= 4 is 32.1 Å². The fourth-order valence-electron chi connectivity index (χ4n) is 2.05. The highest BCUT2D eigenvalue weighted by Gasteiger charge is 2.14. The number of halogens is 1. The highest BCUT2D eigenvalue weighted by Crippen LogP contribution is 2.35. The SMILES string of the molecule is Cc1cc(F)cc(C(N)c2cc3sccc3s2)c1. The van der Waals surface area contributed by atoms with E-state index in [4.69, 9.17) is 5.73 Å². The lowest BCUT2D eigenvalue weighted by Gasteiger charge is -2.11. The van der Waals surface area contributed by atoms with Gasteiger partial charge >= 0.3 is 0 Å². The van der Waals surface area contributed by atoms with Crippen molar-refractivity contribution in [3.8, 4) is 0 Å². The summed E-state index contributed by atoms with van der Waals surface area (Å²) in [6, 6.07) is 8.94. The van der Waals surface area contributed by atoms with Crippen LogP contribution in [0.3, 0.4) is 0 Å². The molecule has 0 saturated heterocycles. The third-order valence-corrected chi connectivity index (χ3v) is 5.06. The molecule has 1 atom stereocenters. The molecule has 0 aliphatic rings. The van der Waals surface area contributed by atoms with Gasteiger partial charge in [-0.3, -0.25) is 0 Å². The molecule has 1 nitrogen and oxygen atoms in total. The summed E-state index contributed by atoms with van der Waals surface area (Å²) in [5.74, 6) is -0.223. The van der Waals surface area contributed by atoms with Gasteiger partial charge in [0.05, 0.1) is 6.04 Å². The first-order valence-electron chi connectivity index (χ1n) is 5.63. The fraction of sp³-hybridized carbons (Fsp3) is 0.143. The van der Waals surface area contributed by atoms with Crippen LogP contribution in [0.25, 0.3) is 9.40 Å². The van der Waals surface area contributed by atoms with E-state index >= 15 is 0 Å². The summed E-state index contributed by atoms with van der Waals surface area (Å²) in [5.41, 5.74) is 7.96. The number of rotatable bonds is 2. The van der Waals surface area contributed by atoms with E-state index in [2.05, 4.69) is 17.5 Å². The lowest BCUT2D eigenvalue weighted by atomic mass is 10.0. The Balaban J connectivity index is 2.03. The molecule has 92 valence electrons. The van der Waals surface area contributed by atoms with E-state index in [0.29, 0.717) is 0 Å². The van der Waals surface area contributed by atoms with E-state index in [1.807, 2.05) is 13.0 Å². The van der Waals surface area contributed by atoms with Gasteiger partial charge in [-0.25, -0.2) is 4.39 Å².